The highest BCUT2D eigenvalue weighted by Crippen LogP contribution is 2.22. The summed E-state index contributed by atoms with van der Waals surface area (Å²) in [5, 5.41) is 0. The monoisotopic (exact) mass is 408 g/mol. The molecule has 30 heavy (non-hydrogen) atoms. The summed E-state index contributed by atoms with van der Waals surface area (Å²) in [5.74, 6) is 0.475. The Morgan fingerprint density at radius 1 is 1.00 bits per heavy atom. The van der Waals surface area contributed by atoms with E-state index in [4.69, 9.17) is 0 Å². The maximum Gasteiger partial charge on any atom is -0.00280 e. The molecular weight excluding hydrogens is 360 g/mol. The third-order valence-corrected chi connectivity index (χ3v) is 4.84. The summed E-state index contributed by atoms with van der Waals surface area (Å²) in [6, 6.07) is 8.74. The fourth-order valence-corrected chi connectivity index (χ4v) is 2.96. The van der Waals surface area contributed by atoms with E-state index in [0.717, 1.165) is 12.0 Å². The zero-order valence-corrected chi connectivity index (χ0v) is 21.8. The predicted octanol–water partition coefficient (Wildman–Crippen LogP) is 9.93. The van der Waals surface area contributed by atoms with E-state index in [1.165, 1.54) is 27.8 Å². The Balaban J connectivity index is 0. The molecule has 0 radical (unpaired) electrons. The molecule has 0 spiro atoms. The van der Waals surface area contributed by atoms with Gasteiger partial charge < -0.3 is 0 Å². The number of hydrogen-bond acceptors (Lipinski definition) is 0. The largest absolute Gasteiger partial charge is 0.102 e. The molecule has 1 atom stereocenters. The topological polar surface area (TPSA) is 0 Å². The minimum absolute atomic E-state index is 0.285. The highest BCUT2D eigenvalue weighted by atomic mass is 14.2. The first kappa shape index (κ1) is 30.1. The number of allylic oxidation sites excluding steroid dienone is 8. The van der Waals surface area contributed by atoms with E-state index in [2.05, 4.69) is 111 Å². The van der Waals surface area contributed by atoms with Gasteiger partial charge in [0.05, 0.1) is 0 Å². The zero-order valence-electron chi connectivity index (χ0n) is 21.8. The molecule has 0 N–H and O–H groups in total. The second-order valence-electron chi connectivity index (χ2n) is 8.67. The molecule has 0 aliphatic heterocycles. The van der Waals surface area contributed by atoms with Crippen molar-refractivity contribution in [3.63, 3.8) is 0 Å². The lowest BCUT2D eigenvalue weighted by Gasteiger charge is -2.18. The van der Waals surface area contributed by atoms with Crippen molar-refractivity contribution < 1.29 is 0 Å². The highest BCUT2D eigenvalue weighted by molar-refractivity contribution is 5.43. The molecule has 0 bridgehead atoms. The van der Waals surface area contributed by atoms with Crippen LogP contribution in [-0.4, -0.2) is 0 Å². The zero-order chi connectivity index (χ0) is 23.9. The van der Waals surface area contributed by atoms with Gasteiger partial charge in [-0.25, -0.2) is 0 Å². The molecule has 1 aromatic carbocycles. The third-order valence-electron chi connectivity index (χ3n) is 4.84. The Morgan fingerprint density at radius 3 is 1.83 bits per heavy atom. The maximum atomic E-state index is 3.92. The summed E-state index contributed by atoms with van der Waals surface area (Å²) in [7, 11) is 0. The van der Waals surface area contributed by atoms with Gasteiger partial charge in [-0.1, -0.05) is 113 Å². The number of rotatable bonds is 6. The van der Waals surface area contributed by atoms with Crippen molar-refractivity contribution in [1.82, 2.24) is 0 Å². The minimum Gasteiger partial charge on any atom is -0.102 e. The standard InChI is InChI=1S/C17H26.C11H16.C2H6/c1-8-16(9-2)15(7)12-17(10-3)14(6)11-13(4)5;1-9-5-7-10(8-6-9)11(2,3)4;1-2/h8,10-12,16H,1,4,9H2,2-3,5-7H3;5-8H,1-4H3;1-2H3/b14-11-,15-12+,17-10-;;. The van der Waals surface area contributed by atoms with Crippen LogP contribution in [0.25, 0.3) is 0 Å². The SMILES string of the molecule is C=CC(CC)/C(C)=C/C(=C/C)C(/C)=C\C(=C)C.CC.Cc1ccc(C(C)(C)C)cc1. The lowest BCUT2D eigenvalue weighted by molar-refractivity contribution is 0.590. The van der Waals surface area contributed by atoms with E-state index in [0.29, 0.717) is 5.92 Å². The first-order valence-electron chi connectivity index (χ1n) is 11.3. The van der Waals surface area contributed by atoms with Gasteiger partial charge in [0.1, 0.15) is 0 Å². The Kier molecular flexibility index (Phi) is 15.8. The lowest BCUT2D eigenvalue weighted by Crippen LogP contribution is -2.10. The number of aryl methyl sites for hydroxylation is 1. The van der Waals surface area contributed by atoms with E-state index < -0.39 is 0 Å². The Bertz CT molecular complexity index is 712. The molecule has 0 amide bonds. The van der Waals surface area contributed by atoms with Crippen LogP contribution in [0, 0.1) is 12.8 Å². The van der Waals surface area contributed by atoms with E-state index >= 15 is 0 Å². The van der Waals surface area contributed by atoms with Gasteiger partial charge in [0, 0.05) is 0 Å². The van der Waals surface area contributed by atoms with Crippen LogP contribution in [0.5, 0.6) is 0 Å². The average Bonchev–Trinajstić information content (AvgIpc) is 2.68. The van der Waals surface area contributed by atoms with Gasteiger partial charge in [-0.3, -0.25) is 0 Å². The van der Waals surface area contributed by atoms with Crippen molar-refractivity contribution in [1.29, 1.82) is 0 Å². The molecule has 0 aliphatic carbocycles. The molecule has 168 valence electrons. The molecule has 0 fully saturated rings. The summed E-state index contributed by atoms with van der Waals surface area (Å²) in [4.78, 5) is 0. The van der Waals surface area contributed by atoms with E-state index in [1.807, 2.05) is 26.8 Å². The van der Waals surface area contributed by atoms with Crippen LogP contribution >= 0.6 is 0 Å². The highest BCUT2D eigenvalue weighted by Gasteiger charge is 2.11. The molecule has 1 aromatic rings. The first-order valence-corrected chi connectivity index (χ1v) is 11.3. The fourth-order valence-electron chi connectivity index (χ4n) is 2.96. The summed E-state index contributed by atoms with van der Waals surface area (Å²) in [5.41, 5.74) is 8.01. The van der Waals surface area contributed by atoms with E-state index in [-0.39, 0.29) is 5.41 Å². The summed E-state index contributed by atoms with van der Waals surface area (Å²) in [6.45, 7) is 31.2. The van der Waals surface area contributed by atoms with Gasteiger partial charge in [-0.15, -0.1) is 6.58 Å². The van der Waals surface area contributed by atoms with Crippen molar-refractivity contribution in [3.8, 4) is 0 Å². The Morgan fingerprint density at radius 2 is 1.50 bits per heavy atom. The summed E-state index contributed by atoms with van der Waals surface area (Å²) < 4.78 is 0. The maximum absolute atomic E-state index is 3.92. The van der Waals surface area contributed by atoms with Crippen LogP contribution in [0.1, 0.15) is 86.8 Å². The molecule has 0 nitrogen and oxygen atoms in total. The van der Waals surface area contributed by atoms with Gasteiger partial charge in [-0.05, 0) is 69.1 Å². The molecule has 0 heterocycles. The van der Waals surface area contributed by atoms with Gasteiger partial charge in [-0.2, -0.15) is 0 Å². The van der Waals surface area contributed by atoms with Gasteiger partial charge in [0.15, 0.2) is 0 Å². The molecule has 1 rings (SSSR count). The van der Waals surface area contributed by atoms with Crippen LogP contribution in [0.3, 0.4) is 0 Å². The summed E-state index contributed by atoms with van der Waals surface area (Å²) in [6.07, 6.45) is 9.65. The molecule has 1 unspecified atom stereocenters. The van der Waals surface area contributed by atoms with E-state index in [1.54, 1.807) is 0 Å². The van der Waals surface area contributed by atoms with Crippen LogP contribution in [0.15, 0.2) is 84.0 Å². The lowest BCUT2D eigenvalue weighted by atomic mass is 9.87. The molecule has 0 saturated heterocycles. The van der Waals surface area contributed by atoms with Gasteiger partial charge in [0.2, 0.25) is 0 Å². The van der Waals surface area contributed by atoms with Crippen molar-refractivity contribution in [2.45, 2.75) is 88.0 Å². The van der Waals surface area contributed by atoms with Crippen molar-refractivity contribution in [2.24, 2.45) is 5.92 Å². The predicted molar refractivity (Wildman–Crippen MR) is 141 cm³/mol. The second kappa shape index (κ2) is 15.7. The second-order valence-corrected chi connectivity index (χ2v) is 8.67. The molecule has 0 aliphatic rings. The van der Waals surface area contributed by atoms with Crippen LogP contribution in [0.4, 0.5) is 0 Å². The summed E-state index contributed by atoms with van der Waals surface area (Å²) >= 11 is 0. The van der Waals surface area contributed by atoms with Crippen LogP contribution in [0.2, 0.25) is 0 Å². The quantitative estimate of drug-likeness (QED) is 0.324. The minimum atomic E-state index is 0.285. The van der Waals surface area contributed by atoms with E-state index in [9.17, 15) is 0 Å². The van der Waals surface area contributed by atoms with Gasteiger partial charge in [0.25, 0.3) is 0 Å². The molecular formula is C30H48. The molecule has 0 aromatic heterocycles. The number of hydrogen-bond donors (Lipinski definition) is 0. The molecule has 0 heteroatoms. The van der Waals surface area contributed by atoms with Crippen molar-refractivity contribution in [3.05, 3.63) is 95.1 Å². The first-order chi connectivity index (χ1) is 14.0. The van der Waals surface area contributed by atoms with Crippen LogP contribution in [-0.2, 0) is 5.41 Å². The molecule has 0 saturated carbocycles. The van der Waals surface area contributed by atoms with Crippen LogP contribution < -0.4 is 0 Å². The van der Waals surface area contributed by atoms with Crippen molar-refractivity contribution >= 4 is 0 Å². The number of benzene rings is 1. The van der Waals surface area contributed by atoms with Gasteiger partial charge >= 0.3 is 0 Å². The normalized spacial score (nSPS) is 13.4. The Hall–Kier alpha value is -2.08. The van der Waals surface area contributed by atoms with Crippen molar-refractivity contribution in [2.75, 3.05) is 0 Å². The smallest absolute Gasteiger partial charge is 0.00280 e. The Labute approximate surface area is 189 Å². The third kappa shape index (κ3) is 12.5. The fraction of sp³-hybridized carbons (Fsp3) is 0.467. The average molecular weight is 409 g/mol.